The van der Waals surface area contributed by atoms with Crippen LogP contribution in [0.25, 0.3) is 11.3 Å². The van der Waals surface area contributed by atoms with E-state index in [-0.39, 0.29) is 5.91 Å². The van der Waals surface area contributed by atoms with Crippen LogP contribution in [-0.4, -0.2) is 30.7 Å². The molecule has 4 rings (SSSR count). The molecule has 2 heterocycles. The molecule has 0 saturated carbocycles. The van der Waals surface area contributed by atoms with Gasteiger partial charge in [0.05, 0.1) is 0 Å². The van der Waals surface area contributed by atoms with Crippen LogP contribution < -0.4 is 10.2 Å². The third-order valence-electron chi connectivity index (χ3n) is 5.09. The van der Waals surface area contributed by atoms with E-state index in [2.05, 4.69) is 46.6 Å². The van der Waals surface area contributed by atoms with E-state index in [0.29, 0.717) is 23.9 Å². The molecular formula is C22H23N3O2. The van der Waals surface area contributed by atoms with Gasteiger partial charge in [0.25, 0.3) is 5.91 Å². The monoisotopic (exact) mass is 361 g/mol. The average Bonchev–Trinajstić information content (AvgIpc) is 3.37. The van der Waals surface area contributed by atoms with Gasteiger partial charge >= 0.3 is 0 Å². The Labute approximate surface area is 159 Å². The fourth-order valence-corrected chi connectivity index (χ4v) is 3.58. The number of aromatic nitrogens is 1. The topological polar surface area (TPSA) is 58.4 Å². The largest absolute Gasteiger partial charge is 0.371 e. The number of carbonyl (C=O) groups is 1. The number of benzene rings is 2. The molecule has 5 heteroatoms. The lowest BCUT2D eigenvalue weighted by Crippen LogP contribution is -2.31. The fraction of sp³-hybridized carbons (Fsp3) is 0.273. The van der Waals surface area contributed by atoms with E-state index in [1.807, 2.05) is 30.3 Å². The van der Waals surface area contributed by atoms with Crippen LogP contribution in [0.5, 0.6) is 0 Å². The molecule has 1 aliphatic rings. The third kappa shape index (κ3) is 3.87. The number of para-hydroxylation sites is 1. The van der Waals surface area contributed by atoms with Gasteiger partial charge in [-0.05, 0) is 30.9 Å². The third-order valence-corrected chi connectivity index (χ3v) is 5.09. The molecule has 3 aromatic rings. The van der Waals surface area contributed by atoms with Crippen LogP contribution in [0.2, 0.25) is 0 Å². The standard InChI is InChI=1S/C22H23N3O2/c1-16-7-5-6-10-20(16)25-12-11-17(15-25)14-23-22(26)19-13-21(27-24-19)18-8-3-2-4-9-18/h2-10,13,17H,11-12,14-15H2,1H3,(H,23,26). The Bertz CT molecular complexity index is 920. The predicted octanol–water partition coefficient (Wildman–Crippen LogP) is 3.91. The van der Waals surface area contributed by atoms with Gasteiger partial charge in [-0.2, -0.15) is 0 Å². The molecule has 1 saturated heterocycles. The highest BCUT2D eigenvalue weighted by Crippen LogP contribution is 2.26. The van der Waals surface area contributed by atoms with Crippen molar-refractivity contribution in [3.05, 3.63) is 71.9 Å². The SMILES string of the molecule is Cc1ccccc1N1CCC(CNC(=O)c2cc(-c3ccccc3)on2)C1. The lowest BCUT2D eigenvalue weighted by atomic mass is 10.1. The van der Waals surface area contributed by atoms with Gasteiger partial charge in [0, 0.05) is 37.0 Å². The van der Waals surface area contributed by atoms with Gasteiger partial charge in [-0.25, -0.2) is 0 Å². The molecule has 1 fully saturated rings. The Morgan fingerprint density at radius 3 is 2.78 bits per heavy atom. The molecule has 0 aliphatic carbocycles. The summed E-state index contributed by atoms with van der Waals surface area (Å²) in [6.07, 6.45) is 1.07. The lowest BCUT2D eigenvalue weighted by molar-refractivity contribution is 0.0939. The van der Waals surface area contributed by atoms with E-state index in [4.69, 9.17) is 4.52 Å². The maximum Gasteiger partial charge on any atom is 0.273 e. The molecule has 1 amide bonds. The molecule has 27 heavy (non-hydrogen) atoms. The molecule has 1 N–H and O–H groups in total. The Morgan fingerprint density at radius 1 is 1.19 bits per heavy atom. The van der Waals surface area contributed by atoms with E-state index in [1.54, 1.807) is 6.07 Å². The smallest absolute Gasteiger partial charge is 0.273 e. The Hall–Kier alpha value is -3.08. The summed E-state index contributed by atoms with van der Waals surface area (Å²) >= 11 is 0. The van der Waals surface area contributed by atoms with E-state index >= 15 is 0 Å². The summed E-state index contributed by atoms with van der Waals surface area (Å²) < 4.78 is 5.31. The van der Waals surface area contributed by atoms with Crippen LogP contribution in [-0.2, 0) is 0 Å². The summed E-state index contributed by atoms with van der Waals surface area (Å²) in [6, 6.07) is 19.8. The molecular weight excluding hydrogens is 338 g/mol. The van der Waals surface area contributed by atoms with Gasteiger partial charge in [0.2, 0.25) is 0 Å². The van der Waals surface area contributed by atoms with E-state index in [0.717, 1.165) is 25.1 Å². The number of hydrogen-bond donors (Lipinski definition) is 1. The van der Waals surface area contributed by atoms with Crippen molar-refractivity contribution in [1.29, 1.82) is 0 Å². The first kappa shape index (κ1) is 17.3. The summed E-state index contributed by atoms with van der Waals surface area (Å²) in [5.74, 6) is 0.858. The van der Waals surface area contributed by atoms with Gasteiger partial charge in [0.15, 0.2) is 11.5 Å². The van der Waals surface area contributed by atoms with E-state index in [9.17, 15) is 4.79 Å². The first-order valence-corrected chi connectivity index (χ1v) is 9.31. The maximum absolute atomic E-state index is 12.4. The van der Waals surface area contributed by atoms with Crippen LogP contribution in [0.1, 0.15) is 22.5 Å². The molecule has 1 atom stereocenters. The zero-order valence-electron chi connectivity index (χ0n) is 15.4. The first-order valence-electron chi connectivity index (χ1n) is 9.31. The number of rotatable bonds is 5. The number of amides is 1. The van der Waals surface area contributed by atoms with Crippen molar-refractivity contribution in [1.82, 2.24) is 10.5 Å². The molecule has 138 valence electrons. The van der Waals surface area contributed by atoms with Crippen LogP contribution in [0.15, 0.2) is 65.2 Å². The average molecular weight is 361 g/mol. The minimum atomic E-state index is -0.185. The zero-order valence-corrected chi connectivity index (χ0v) is 15.4. The predicted molar refractivity (Wildman–Crippen MR) is 106 cm³/mol. The Balaban J connectivity index is 1.33. The zero-order chi connectivity index (χ0) is 18.6. The highest BCUT2D eigenvalue weighted by molar-refractivity contribution is 5.93. The van der Waals surface area contributed by atoms with Gasteiger partial charge in [0.1, 0.15) is 0 Å². The van der Waals surface area contributed by atoms with Crippen molar-refractivity contribution in [3.8, 4) is 11.3 Å². The van der Waals surface area contributed by atoms with Crippen molar-refractivity contribution >= 4 is 11.6 Å². The Kier molecular flexibility index (Phi) is 4.92. The van der Waals surface area contributed by atoms with Crippen molar-refractivity contribution in [2.45, 2.75) is 13.3 Å². The van der Waals surface area contributed by atoms with Gasteiger partial charge < -0.3 is 14.7 Å². The number of nitrogens with zero attached hydrogens (tertiary/aromatic N) is 2. The molecule has 1 aromatic heterocycles. The number of aryl methyl sites for hydroxylation is 1. The second kappa shape index (κ2) is 7.66. The summed E-state index contributed by atoms with van der Waals surface area (Å²) in [7, 11) is 0. The molecule has 2 aromatic carbocycles. The van der Waals surface area contributed by atoms with Crippen molar-refractivity contribution in [3.63, 3.8) is 0 Å². The van der Waals surface area contributed by atoms with Gasteiger partial charge in [-0.1, -0.05) is 53.7 Å². The minimum Gasteiger partial charge on any atom is -0.371 e. The minimum absolute atomic E-state index is 0.185. The fourth-order valence-electron chi connectivity index (χ4n) is 3.58. The molecule has 0 bridgehead atoms. The molecule has 0 spiro atoms. The number of carbonyl (C=O) groups excluding carboxylic acids is 1. The van der Waals surface area contributed by atoms with Crippen molar-refractivity contribution in [2.75, 3.05) is 24.5 Å². The summed E-state index contributed by atoms with van der Waals surface area (Å²) in [5.41, 5.74) is 3.81. The molecule has 1 aliphatic heterocycles. The normalized spacial score (nSPS) is 16.5. The number of anilines is 1. The highest BCUT2D eigenvalue weighted by Gasteiger charge is 2.24. The second-order valence-electron chi connectivity index (χ2n) is 7.04. The van der Waals surface area contributed by atoms with Gasteiger partial charge in [-0.15, -0.1) is 0 Å². The first-order chi connectivity index (χ1) is 13.2. The number of nitrogens with one attached hydrogen (secondary N) is 1. The maximum atomic E-state index is 12.4. The van der Waals surface area contributed by atoms with Crippen LogP contribution in [0.4, 0.5) is 5.69 Å². The summed E-state index contributed by atoms with van der Waals surface area (Å²) in [6.45, 7) is 4.76. The van der Waals surface area contributed by atoms with Crippen molar-refractivity contribution < 1.29 is 9.32 Å². The summed E-state index contributed by atoms with van der Waals surface area (Å²) in [4.78, 5) is 14.8. The molecule has 0 radical (unpaired) electrons. The molecule has 5 nitrogen and oxygen atoms in total. The highest BCUT2D eigenvalue weighted by atomic mass is 16.5. The van der Waals surface area contributed by atoms with Gasteiger partial charge in [-0.3, -0.25) is 4.79 Å². The van der Waals surface area contributed by atoms with Crippen LogP contribution >= 0.6 is 0 Å². The van der Waals surface area contributed by atoms with E-state index < -0.39 is 0 Å². The van der Waals surface area contributed by atoms with Crippen LogP contribution in [0, 0.1) is 12.8 Å². The number of hydrogen-bond acceptors (Lipinski definition) is 4. The van der Waals surface area contributed by atoms with E-state index in [1.165, 1.54) is 11.3 Å². The summed E-state index contributed by atoms with van der Waals surface area (Å²) in [5, 5.41) is 6.92. The van der Waals surface area contributed by atoms with Crippen molar-refractivity contribution in [2.24, 2.45) is 5.92 Å². The Morgan fingerprint density at radius 2 is 1.96 bits per heavy atom. The quantitative estimate of drug-likeness (QED) is 0.749. The lowest BCUT2D eigenvalue weighted by Gasteiger charge is -2.21. The van der Waals surface area contributed by atoms with Crippen LogP contribution in [0.3, 0.4) is 0 Å². The molecule has 1 unspecified atom stereocenters. The second-order valence-corrected chi connectivity index (χ2v) is 7.04.